The highest BCUT2D eigenvalue weighted by Gasteiger charge is 2.17. The lowest BCUT2D eigenvalue weighted by Crippen LogP contribution is -2.16. The summed E-state index contributed by atoms with van der Waals surface area (Å²) in [6.07, 6.45) is 0. The second-order valence-corrected chi connectivity index (χ2v) is 11.9. The van der Waals surface area contributed by atoms with E-state index < -0.39 is 0 Å². The van der Waals surface area contributed by atoms with Crippen molar-refractivity contribution in [2.75, 3.05) is 0 Å². The average Bonchev–Trinajstić information content (AvgIpc) is 3.70. The third kappa shape index (κ3) is 4.81. The molecular formula is C43H29N3O2. The second kappa shape index (κ2) is 11.4. The van der Waals surface area contributed by atoms with Gasteiger partial charge in [-0.25, -0.2) is 4.99 Å². The van der Waals surface area contributed by atoms with E-state index in [1.54, 1.807) is 0 Å². The van der Waals surface area contributed by atoms with E-state index in [0.717, 1.165) is 77.1 Å². The predicted octanol–water partition coefficient (Wildman–Crippen LogP) is 10.7. The molecule has 0 fully saturated rings. The van der Waals surface area contributed by atoms with E-state index in [-0.39, 0.29) is 0 Å². The molecule has 5 nitrogen and oxygen atoms in total. The highest BCUT2D eigenvalue weighted by molar-refractivity contribution is 6.17. The Hall–Kier alpha value is -6.46. The zero-order valence-corrected chi connectivity index (χ0v) is 25.9. The summed E-state index contributed by atoms with van der Waals surface area (Å²) in [6, 6.07) is 51.3. The van der Waals surface area contributed by atoms with Gasteiger partial charge in [-0.2, -0.15) is 0 Å². The maximum absolute atomic E-state index is 6.46. The summed E-state index contributed by atoms with van der Waals surface area (Å²) in [5.74, 6) is 0.997. The van der Waals surface area contributed by atoms with E-state index in [2.05, 4.69) is 72.8 Å². The predicted molar refractivity (Wildman–Crippen MR) is 198 cm³/mol. The third-order valence-corrected chi connectivity index (χ3v) is 8.98. The van der Waals surface area contributed by atoms with Crippen LogP contribution in [0.5, 0.6) is 0 Å². The quantitative estimate of drug-likeness (QED) is 0.154. The molecule has 0 aliphatic heterocycles. The van der Waals surface area contributed by atoms with Gasteiger partial charge >= 0.3 is 0 Å². The fourth-order valence-corrected chi connectivity index (χ4v) is 6.68. The molecule has 2 heterocycles. The van der Waals surface area contributed by atoms with Crippen LogP contribution in [-0.2, 0) is 6.54 Å². The summed E-state index contributed by atoms with van der Waals surface area (Å²) in [5.41, 5.74) is 14.9. The molecule has 0 aliphatic carbocycles. The summed E-state index contributed by atoms with van der Waals surface area (Å²) in [5, 5.41) is 6.65. The standard InChI is InChI=1S/C43H29N3O2/c44-42(27-11-3-1-4-12-27)46-43(28-13-5-2-6-14-28)45-26-32-17-9-19-37-40(32)34-24-31(21-22-36(34)47-37)33-18-10-20-38-41(33)35-23-29-15-7-8-16-30(29)25-39(35)48-38/h1-25H,26H2,(H2,44,45,46). The fraction of sp³-hybridized carbons (Fsp3) is 0.0233. The minimum Gasteiger partial charge on any atom is -0.456 e. The first-order valence-electron chi connectivity index (χ1n) is 16.0. The molecule has 0 atom stereocenters. The monoisotopic (exact) mass is 619 g/mol. The number of rotatable bonds is 5. The molecule has 48 heavy (non-hydrogen) atoms. The van der Waals surface area contributed by atoms with Crippen LogP contribution in [-0.4, -0.2) is 11.7 Å². The van der Waals surface area contributed by atoms with Crippen LogP contribution in [0.25, 0.3) is 65.8 Å². The Labute approximate surface area is 276 Å². The van der Waals surface area contributed by atoms with Gasteiger partial charge in [0.15, 0.2) is 5.84 Å². The summed E-state index contributed by atoms with van der Waals surface area (Å²) in [4.78, 5) is 9.83. The van der Waals surface area contributed by atoms with E-state index in [4.69, 9.17) is 24.6 Å². The molecule has 0 saturated heterocycles. The lowest BCUT2D eigenvalue weighted by atomic mass is 9.96. The summed E-state index contributed by atoms with van der Waals surface area (Å²) in [7, 11) is 0. The fourth-order valence-electron chi connectivity index (χ4n) is 6.68. The van der Waals surface area contributed by atoms with Crippen LogP contribution in [0, 0.1) is 0 Å². The zero-order valence-electron chi connectivity index (χ0n) is 25.9. The van der Waals surface area contributed by atoms with Crippen LogP contribution in [0.4, 0.5) is 0 Å². The molecule has 0 bridgehead atoms. The molecule has 0 unspecified atom stereocenters. The van der Waals surface area contributed by atoms with Gasteiger partial charge in [-0.05, 0) is 63.9 Å². The van der Waals surface area contributed by atoms with E-state index in [0.29, 0.717) is 18.2 Å². The van der Waals surface area contributed by atoms with Crippen LogP contribution in [0.3, 0.4) is 0 Å². The topological polar surface area (TPSA) is 77.0 Å². The van der Waals surface area contributed by atoms with Crippen LogP contribution in [0.15, 0.2) is 170 Å². The van der Waals surface area contributed by atoms with Gasteiger partial charge in [0.25, 0.3) is 0 Å². The van der Waals surface area contributed by atoms with Gasteiger partial charge in [-0.15, -0.1) is 0 Å². The van der Waals surface area contributed by atoms with E-state index in [1.165, 1.54) is 5.39 Å². The molecule has 0 saturated carbocycles. The minimum atomic E-state index is 0.404. The highest BCUT2D eigenvalue weighted by Crippen LogP contribution is 2.40. The molecule has 9 rings (SSSR count). The highest BCUT2D eigenvalue weighted by atomic mass is 16.3. The lowest BCUT2D eigenvalue weighted by Gasteiger charge is -2.07. The largest absolute Gasteiger partial charge is 0.456 e. The lowest BCUT2D eigenvalue weighted by molar-refractivity contribution is 0.668. The smallest absolute Gasteiger partial charge is 0.157 e. The maximum Gasteiger partial charge on any atom is 0.157 e. The molecule has 2 aromatic heterocycles. The Balaban J connectivity index is 1.18. The van der Waals surface area contributed by atoms with Gasteiger partial charge in [-0.1, -0.05) is 115 Å². The van der Waals surface area contributed by atoms with Gasteiger partial charge in [0.05, 0.1) is 6.54 Å². The first-order valence-corrected chi connectivity index (χ1v) is 16.0. The molecule has 9 aromatic rings. The Kier molecular flexibility index (Phi) is 6.61. The van der Waals surface area contributed by atoms with Crippen molar-refractivity contribution in [1.29, 1.82) is 0 Å². The van der Waals surface area contributed by atoms with Crippen molar-refractivity contribution in [3.63, 3.8) is 0 Å². The number of amidine groups is 2. The summed E-state index contributed by atoms with van der Waals surface area (Å²) >= 11 is 0. The first-order chi connectivity index (χ1) is 23.7. The SMILES string of the molecule is N/C(=N\C(=N/Cc1cccc2oc3ccc(-c4cccc5oc6cc7ccccc7cc6c45)cc3c12)c1ccccc1)c1ccccc1. The van der Waals surface area contributed by atoms with Gasteiger partial charge in [0, 0.05) is 32.7 Å². The first kappa shape index (κ1) is 27.8. The van der Waals surface area contributed by atoms with Crippen LogP contribution in [0.1, 0.15) is 16.7 Å². The van der Waals surface area contributed by atoms with E-state index in [1.807, 2.05) is 78.9 Å². The van der Waals surface area contributed by atoms with Gasteiger partial charge in [0.1, 0.15) is 28.2 Å². The van der Waals surface area contributed by atoms with E-state index in [9.17, 15) is 0 Å². The van der Waals surface area contributed by atoms with Gasteiger partial charge in [-0.3, -0.25) is 4.99 Å². The molecule has 7 aromatic carbocycles. The molecular weight excluding hydrogens is 590 g/mol. The number of furan rings is 2. The number of fused-ring (bicyclic) bond motifs is 7. The molecule has 228 valence electrons. The van der Waals surface area contributed by atoms with E-state index >= 15 is 0 Å². The van der Waals surface area contributed by atoms with Crippen molar-refractivity contribution in [3.05, 3.63) is 168 Å². The number of nitrogens with zero attached hydrogens (tertiary/aromatic N) is 2. The van der Waals surface area contributed by atoms with Crippen molar-refractivity contribution in [2.24, 2.45) is 15.7 Å². The third-order valence-electron chi connectivity index (χ3n) is 8.98. The second-order valence-electron chi connectivity index (χ2n) is 11.9. The number of hydrogen-bond acceptors (Lipinski definition) is 3. The van der Waals surface area contributed by atoms with Crippen molar-refractivity contribution in [1.82, 2.24) is 0 Å². The normalized spacial score (nSPS) is 12.6. The Morgan fingerprint density at radius 1 is 0.521 bits per heavy atom. The molecule has 2 N–H and O–H groups in total. The van der Waals surface area contributed by atoms with Crippen molar-refractivity contribution in [2.45, 2.75) is 6.54 Å². The Bertz CT molecular complexity index is 2700. The maximum atomic E-state index is 6.46. The molecule has 0 amide bonds. The number of aliphatic imine (C=N–C) groups is 2. The minimum absolute atomic E-state index is 0.404. The summed E-state index contributed by atoms with van der Waals surface area (Å²) < 4.78 is 12.8. The number of nitrogens with two attached hydrogens (primary N) is 1. The summed E-state index contributed by atoms with van der Waals surface area (Å²) in [6.45, 7) is 0.404. The number of hydrogen-bond donors (Lipinski definition) is 1. The number of benzene rings is 7. The van der Waals surface area contributed by atoms with Crippen molar-refractivity contribution < 1.29 is 8.83 Å². The van der Waals surface area contributed by atoms with Crippen molar-refractivity contribution in [3.8, 4) is 11.1 Å². The Morgan fingerprint density at radius 3 is 1.96 bits per heavy atom. The molecule has 0 spiro atoms. The van der Waals surface area contributed by atoms with Gasteiger partial charge in [0.2, 0.25) is 0 Å². The molecule has 0 aliphatic rings. The molecule has 5 heteroatoms. The van der Waals surface area contributed by atoms with Crippen LogP contribution < -0.4 is 5.73 Å². The average molecular weight is 620 g/mol. The van der Waals surface area contributed by atoms with Crippen LogP contribution >= 0.6 is 0 Å². The zero-order chi connectivity index (χ0) is 32.0. The molecule has 0 radical (unpaired) electrons. The van der Waals surface area contributed by atoms with Gasteiger partial charge < -0.3 is 14.6 Å². The van der Waals surface area contributed by atoms with Crippen LogP contribution in [0.2, 0.25) is 0 Å². The van der Waals surface area contributed by atoms with Crippen molar-refractivity contribution >= 4 is 66.3 Å². The Morgan fingerprint density at radius 2 is 1.17 bits per heavy atom.